The third-order valence-electron chi connectivity index (χ3n) is 12.3. The lowest BCUT2D eigenvalue weighted by Gasteiger charge is -2.12. The molecule has 284 valence electrons. The average Bonchev–Trinajstić information content (AvgIpc) is 3.99. The summed E-state index contributed by atoms with van der Waals surface area (Å²) >= 11 is 0. The minimum Gasteiger partial charge on any atom is -0.456 e. The fourth-order valence-corrected chi connectivity index (χ4v) is 9.68. The van der Waals surface area contributed by atoms with Gasteiger partial charge in [0.15, 0.2) is 0 Å². The van der Waals surface area contributed by atoms with Crippen LogP contribution in [0.3, 0.4) is 0 Å². The van der Waals surface area contributed by atoms with Crippen molar-refractivity contribution in [2.45, 2.75) is 0 Å². The van der Waals surface area contributed by atoms with Gasteiger partial charge in [-0.3, -0.25) is 4.57 Å². The molecule has 0 spiro atoms. The van der Waals surface area contributed by atoms with Gasteiger partial charge in [-0.05, 0) is 89.0 Å². The molecule has 0 radical (unpaired) electrons. The van der Waals surface area contributed by atoms with E-state index in [4.69, 9.17) is 14.4 Å². The normalized spacial score (nSPS) is 11.9. The SMILES string of the molecule is c1ccc(-c2nc(-n3c4ccccc4c4c(-c5cccc6oc7ccc(-c8ccc9c(c8)c8ccccc8n9-c8ccccc8)cc7c56)cccc43)nc3ccccc23)cc1. The van der Waals surface area contributed by atoms with Crippen LogP contribution >= 0.6 is 0 Å². The smallest absolute Gasteiger partial charge is 0.235 e. The van der Waals surface area contributed by atoms with Gasteiger partial charge in [0.2, 0.25) is 5.95 Å². The maximum Gasteiger partial charge on any atom is 0.235 e. The third kappa shape index (κ3) is 5.08. The molecule has 0 atom stereocenters. The summed E-state index contributed by atoms with van der Waals surface area (Å²) in [6.07, 6.45) is 0. The van der Waals surface area contributed by atoms with Gasteiger partial charge in [-0.25, -0.2) is 9.97 Å². The molecule has 0 unspecified atom stereocenters. The van der Waals surface area contributed by atoms with Gasteiger partial charge in [-0.1, -0.05) is 140 Å². The first-order chi connectivity index (χ1) is 30.3. The van der Waals surface area contributed by atoms with Gasteiger partial charge in [0.25, 0.3) is 0 Å². The lowest BCUT2D eigenvalue weighted by atomic mass is 9.94. The largest absolute Gasteiger partial charge is 0.456 e. The van der Waals surface area contributed by atoms with Crippen molar-refractivity contribution >= 4 is 76.5 Å². The Morgan fingerprint density at radius 3 is 1.77 bits per heavy atom. The van der Waals surface area contributed by atoms with E-state index in [2.05, 4.69) is 203 Å². The maximum atomic E-state index is 6.63. The van der Waals surface area contributed by atoms with E-state index in [1.165, 1.54) is 21.8 Å². The highest BCUT2D eigenvalue weighted by Crippen LogP contribution is 2.44. The fraction of sp³-hybridized carbons (Fsp3) is 0. The van der Waals surface area contributed by atoms with Crippen molar-refractivity contribution < 1.29 is 4.42 Å². The predicted molar refractivity (Wildman–Crippen MR) is 252 cm³/mol. The molecule has 13 aromatic rings. The molecule has 4 heterocycles. The number of fused-ring (bicyclic) bond motifs is 10. The minimum atomic E-state index is 0.640. The van der Waals surface area contributed by atoms with Crippen LogP contribution in [0.4, 0.5) is 0 Å². The topological polar surface area (TPSA) is 48.8 Å². The van der Waals surface area contributed by atoms with Gasteiger partial charge < -0.3 is 8.98 Å². The third-order valence-corrected chi connectivity index (χ3v) is 12.3. The van der Waals surface area contributed by atoms with Crippen molar-refractivity contribution in [2.75, 3.05) is 0 Å². The standard InChI is InChI=1S/C56H34N4O/c1-3-15-35(16-4-1)55-42-20-7-10-24-46(42)57-56(58-55)60-48-26-12-9-21-43(48)53-40(22-13-27-50(53)60)41-23-14-28-52-54(41)45-34-37(30-32-51(45)61-52)36-29-31-49-44(33-36)39-19-8-11-25-47(39)59(49)38-17-5-2-6-18-38/h1-34H. The molecule has 13 rings (SSSR count). The van der Waals surface area contributed by atoms with Gasteiger partial charge in [-0.15, -0.1) is 0 Å². The van der Waals surface area contributed by atoms with Crippen molar-refractivity contribution in [2.24, 2.45) is 0 Å². The zero-order chi connectivity index (χ0) is 40.0. The molecule has 0 saturated carbocycles. The second-order valence-corrected chi connectivity index (χ2v) is 15.7. The Balaban J connectivity index is 1.02. The molecular formula is C56H34N4O. The van der Waals surface area contributed by atoms with Crippen molar-refractivity contribution in [1.29, 1.82) is 0 Å². The zero-order valence-electron chi connectivity index (χ0n) is 32.8. The summed E-state index contributed by atoms with van der Waals surface area (Å²) in [5, 5.41) is 7.95. The van der Waals surface area contributed by atoms with Gasteiger partial charge in [0, 0.05) is 49.0 Å². The number of furan rings is 1. The van der Waals surface area contributed by atoms with Crippen molar-refractivity contribution in [3.05, 3.63) is 206 Å². The molecule has 0 fully saturated rings. The highest BCUT2D eigenvalue weighted by Gasteiger charge is 2.22. The van der Waals surface area contributed by atoms with Gasteiger partial charge in [0.1, 0.15) is 11.2 Å². The summed E-state index contributed by atoms with van der Waals surface area (Å²) in [5.41, 5.74) is 14.8. The van der Waals surface area contributed by atoms with Crippen LogP contribution in [0.25, 0.3) is 122 Å². The van der Waals surface area contributed by atoms with E-state index in [1.807, 2.05) is 12.1 Å². The number of para-hydroxylation sites is 4. The summed E-state index contributed by atoms with van der Waals surface area (Å²) < 4.78 is 11.2. The Bertz CT molecular complexity index is 3880. The predicted octanol–water partition coefficient (Wildman–Crippen LogP) is 14.7. The van der Waals surface area contributed by atoms with Crippen LogP contribution in [-0.4, -0.2) is 19.1 Å². The highest BCUT2D eigenvalue weighted by molar-refractivity contribution is 6.21. The summed E-state index contributed by atoms with van der Waals surface area (Å²) in [5.74, 6) is 0.640. The number of hydrogen-bond acceptors (Lipinski definition) is 3. The van der Waals surface area contributed by atoms with Crippen molar-refractivity contribution in [3.63, 3.8) is 0 Å². The molecule has 5 heteroatoms. The number of nitrogens with zero attached hydrogens (tertiary/aromatic N) is 4. The van der Waals surface area contributed by atoms with E-state index in [0.717, 1.165) is 93.8 Å². The lowest BCUT2D eigenvalue weighted by Crippen LogP contribution is -2.03. The first-order valence-electron chi connectivity index (χ1n) is 20.7. The summed E-state index contributed by atoms with van der Waals surface area (Å²) in [6.45, 7) is 0. The van der Waals surface area contributed by atoms with Crippen LogP contribution in [0.1, 0.15) is 0 Å². The van der Waals surface area contributed by atoms with Crippen molar-refractivity contribution in [3.8, 4) is 45.1 Å². The van der Waals surface area contributed by atoms with Gasteiger partial charge in [0.05, 0.1) is 33.3 Å². The molecule has 0 saturated heterocycles. The second kappa shape index (κ2) is 13.1. The van der Waals surface area contributed by atoms with Crippen molar-refractivity contribution in [1.82, 2.24) is 19.1 Å². The average molecular weight is 779 g/mol. The van der Waals surface area contributed by atoms with Crippen LogP contribution in [0, 0.1) is 0 Å². The molecule has 0 aliphatic rings. The molecule has 0 aliphatic heterocycles. The van der Waals surface area contributed by atoms with E-state index in [1.54, 1.807) is 0 Å². The molecule has 4 aromatic heterocycles. The summed E-state index contributed by atoms with van der Waals surface area (Å²) in [6, 6.07) is 73.1. The molecular weight excluding hydrogens is 745 g/mol. The summed E-state index contributed by atoms with van der Waals surface area (Å²) in [4.78, 5) is 10.5. The highest BCUT2D eigenvalue weighted by atomic mass is 16.3. The molecule has 0 aliphatic carbocycles. The van der Waals surface area contributed by atoms with Gasteiger partial charge >= 0.3 is 0 Å². The molecule has 0 N–H and O–H groups in total. The Kier molecular flexibility index (Phi) is 7.24. The summed E-state index contributed by atoms with van der Waals surface area (Å²) in [7, 11) is 0. The number of aromatic nitrogens is 4. The minimum absolute atomic E-state index is 0.640. The Labute approximate surface area is 350 Å². The number of hydrogen-bond donors (Lipinski definition) is 0. The van der Waals surface area contributed by atoms with E-state index >= 15 is 0 Å². The Morgan fingerprint density at radius 1 is 0.344 bits per heavy atom. The Hall–Kier alpha value is -8.28. The molecule has 0 amide bonds. The van der Waals surface area contributed by atoms with E-state index in [9.17, 15) is 0 Å². The van der Waals surface area contributed by atoms with Crippen LogP contribution in [0.15, 0.2) is 211 Å². The van der Waals surface area contributed by atoms with Crippen LogP contribution in [-0.2, 0) is 0 Å². The maximum absolute atomic E-state index is 6.63. The van der Waals surface area contributed by atoms with E-state index in [0.29, 0.717) is 5.95 Å². The lowest BCUT2D eigenvalue weighted by molar-refractivity contribution is 0.669. The molecule has 5 nitrogen and oxygen atoms in total. The quantitative estimate of drug-likeness (QED) is 0.175. The molecule has 9 aromatic carbocycles. The second-order valence-electron chi connectivity index (χ2n) is 15.7. The number of rotatable bonds is 5. The van der Waals surface area contributed by atoms with E-state index < -0.39 is 0 Å². The first-order valence-corrected chi connectivity index (χ1v) is 20.7. The van der Waals surface area contributed by atoms with Crippen LogP contribution < -0.4 is 0 Å². The fourth-order valence-electron chi connectivity index (χ4n) is 9.68. The van der Waals surface area contributed by atoms with Gasteiger partial charge in [-0.2, -0.15) is 0 Å². The molecule has 0 bridgehead atoms. The number of benzene rings is 9. The first kappa shape index (κ1) is 33.7. The zero-order valence-corrected chi connectivity index (χ0v) is 32.8. The van der Waals surface area contributed by atoms with E-state index in [-0.39, 0.29) is 0 Å². The van der Waals surface area contributed by atoms with Crippen LogP contribution in [0.2, 0.25) is 0 Å². The molecule has 61 heavy (non-hydrogen) atoms. The Morgan fingerprint density at radius 2 is 0.951 bits per heavy atom. The van der Waals surface area contributed by atoms with Crippen LogP contribution in [0.5, 0.6) is 0 Å². The monoisotopic (exact) mass is 778 g/mol.